The van der Waals surface area contributed by atoms with Gasteiger partial charge in [-0.2, -0.15) is 0 Å². The minimum absolute atomic E-state index is 0.308. The topological polar surface area (TPSA) is 73.6 Å². The van der Waals surface area contributed by atoms with Crippen LogP contribution in [0.1, 0.15) is 25.2 Å². The van der Waals surface area contributed by atoms with Gasteiger partial charge < -0.3 is 9.05 Å². The van der Waals surface area contributed by atoms with Crippen molar-refractivity contribution in [3.63, 3.8) is 0 Å². The zero-order chi connectivity index (χ0) is 12.7. The number of benzene rings is 1. The summed E-state index contributed by atoms with van der Waals surface area (Å²) in [6, 6.07) is 9.23. The molecule has 17 heavy (non-hydrogen) atoms. The maximum absolute atomic E-state index is 12.6. The number of hydrogen-bond donors (Lipinski definition) is 2. The predicted molar refractivity (Wildman–Crippen MR) is 67.4 cm³/mol. The Morgan fingerprint density at radius 2 is 1.76 bits per heavy atom. The van der Waals surface area contributed by atoms with Gasteiger partial charge in [0.25, 0.3) is 0 Å². The molecule has 0 saturated carbocycles. The lowest BCUT2D eigenvalue weighted by Gasteiger charge is -2.25. The van der Waals surface area contributed by atoms with E-state index in [2.05, 4.69) is 5.43 Å². The van der Waals surface area contributed by atoms with Crippen LogP contribution in [0.25, 0.3) is 0 Å². The lowest BCUT2D eigenvalue weighted by Crippen LogP contribution is -2.29. The maximum Gasteiger partial charge on any atom is 0.353 e. The number of nitrogens with two attached hydrogens (primary N) is 1. The van der Waals surface area contributed by atoms with Crippen LogP contribution in [0.4, 0.5) is 0 Å². The van der Waals surface area contributed by atoms with Crippen molar-refractivity contribution in [3.8, 4) is 0 Å². The van der Waals surface area contributed by atoms with Crippen LogP contribution in [0, 0.1) is 0 Å². The first kappa shape index (κ1) is 14.4. The van der Waals surface area contributed by atoms with Crippen LogP contribution in [0.3, 0.4) is 0 Å². The summed E-state index contributed by atoms with van der Waals surface area (Å²) >= 11 is 0. The number of hydrogen-bond acceptors (Lipinski definition) is 5. The molecule has 0 fully saturated rings. The van der Waals surface area contributed by atoms with Crippen LogP contribution < -0.4 is 11.3 Å². The van der Waals surface area contributed by atoms with Gasteiger partial charge in [-0.1, -0.05) is 30.3 Å². The Labute approximate surface area is 102 Å². The van der Waals surface area contributed by atoms with Gasteiger partial charge in [-0.15, -0.1) is 0 Å². The zero-order valence-corrected chi connectivity index (χ0v) is 11.0. The highest BCUT2D eigenvalue weighted by molar-refractivity contribution is 7.54. The van der Waals surface area contributed by atoms with Gasteiger partial charge in [-0.25, -0.2) is 5.43 Å². The van der Waals surface area contributed by atoms with Crippen molar-refractivity contribution in [3.05, 3.63) is 35.9 Å². The summed E-state index contributed by atoms with van der Waals surface area (Å²) in [5.74, 6) is 4.82. The quantitative estimate of drug-likeness (QED) is 0.446. The third-order valence-electron chi connectivity index (χ3n) is 2.21. The smallest absolute Gasteiger partial charge is 0.308 e. The molecule has 6 heteroatoms. The molecule has 96 valence electrons. The van der Waals surface area contributed by atoms with E-state index < -0.39 is 13.4 Å². The lowest BCUT2D eigenvalue weighted by molar-refractivity contribution is 0.207. The Kier molecular flexibility index (Phi) is 5.82. The monoisotopic (exact) mass is 258 g/mol. The normalized spacial score (nSPS) is 13.6. The third kappa shape index (κ3) is 3.63. The highest BCUT2D eigenvalue weighted by Gasteiger charge is 2.35. The second-order valence-corrected chi connectivity index (χ2v) is 5.47. The van der Waals surface area contributed by atoms with Crippen molar-refractivity contribution >= 4 is 7.60 Å². The molecule has 1 aromatic rings. The Morgan fingerprint density at radius 3 is 2.18 bits per heavy atom. The van der Waals surface area contributed by atoms with Crippen molar-refractivity contribution in [2.45, 2.75) is 19.6 Å². The van der Waals surface area contributed by atoms with Gasteiger partial charge in [-0.05, 0) is 19.4 Å². The summed E-state index contributed by atoms with van der Waals surface area (Å²) in [4.78, 5) is 0. The van der Waals surface area contributed by atoms with Crippen LogP contribution in [0.5, 0.6) is 0 Å². The molecular formula is C11H19N2O3P. The summed E-state index contributed by atoms with van der Waals surface area (Å²) < 4.78 is 23.1. The summed E-state index contributed by atoms with van der Waals surface area (Å²) in [7, 11) is -3.29. The molecule has 0 bridgehead atoms. The van der Waals surface area contributed by atoms with E-state index in [-0.39, 0.29) is 0 Å². The third-order valence-corrected chi connectivity index (χ3v) is 4.52. The first-order valence-electron chi connectivity index (χ1n) is 5.57. The highest BCUT2D eigenvalue weighted by atomic mass is 31.2. The molecule has 1 unspecified atom stereocenters. The SMILES string of the molecule is CCOP(=O)(OCC)C(NN)c1ccccc1. The molecule has 1 atom stereocenters. The van der Waals surface area contributed by atoms with Crippen molar-refractivity contribution in [1.82, 2.24) is 5.43 Å². The Hall–Kier alpha value is -0.710. The fraction of sp³-hybridized carbons (Fsp3) is 0.455. The molecule has 5 nitrogen and oxygen atoms in total. The van der Waals surface area contributed by atoms with E-state index in [0.717, 1.165) is 5.56 Å². The van der Waals surface area contributed by atoms with Crippen LogP contribution >= 0.6 is 7.60 Å². The second-order valence-electron chi connectivity index (χ2n) is 3.36. The van der Waals surface area contributed by atoms with Gasteiger partial charge >= 0.3 is 7.60 Å². The summed E-state index contributed by atoms with van der Waals surface area (Å²) in [5, 5.41) is 0. The fourth-order valence-corrected chi connectivity index (χ4v) is 3.36. The molecule has 0 heterocycles. The molecule has 0 aliphatic rings. The molecule has 1 rings (SSSR count). The predicted octanol–water partition coefficient (Wildman–Crippen LogP) is 2.41. The van der Waals surface area contributed by atoms with Crippen LogP contribution in [0.15, 0.2) is 30.3 Å². The van der Waals surface area contributed by atoms with Crippen LogP contribution in [0.2, 0.25) is 0 Å². The molecule has 0 spiro atoms. The molecule has 0 aromatic heterocycles. The lowest BCUT2D eigenvalue weighted by atomic mass is 10.2. The van der Waals surface area contributed by atoms with Crippen molar-refractivity contribution in [1.29, 1.82) is 0 Å². The van der Waals surface area contributed by atoms with E-state index in [9.17, 15) is 4.57 Å². The van der Waals surface area contributed by atoms with Crippen molar-refractivity contribution in [2.24, 2.45) is 5.84 Å². The molecule has 3 N–H and O–H groups in total. The number of nitrogens with one attached hydrogen (secondary N) is 1. The van der Waals surface area contributed by atoms with Gasteiger partial charge in [0.1, 0.15) is 5.78 Å². The Morgan fingerprint density at radius 1 is 1.24 bits per heavy atom. The molecular weight excluding hydrogens is 239 g/mol. The van der Waals surface area contributed by atoms with E-state index in [1.54, 1.807) is 13.8 Å². The van der Waals surface area contributed by atoms with Gasteiger partial charge in [0.05, 0.1) is 13.2 Å². The summed E-state index contributed by atoms with van der Waals surface area (Å²) in [6.07, 6.45) is 0. The Balaban J connectivity index is 3.01. The van der Waals surface area contributed by atoms with Crippen LogP contribution in [-0.4, -0.2) is 13.2 Å². The second kappa shape index (κ2) is 6.89. The van der Waals surface area contributed by atoms with E-state index in [0.29, 0.717) is 13.2 Å². The average molecular weight is 258 g/mol. The van der Waals surface area contributed by atoms with Gasteiger partial charge in [0, 0.05) is 0 Å². The zero-order valence-electron chi connectivity index (χ0n) is 10.1. The van der Waals surface area contributed by atoms with Gasteiger partial charge in [0.15, 0.2) is 0 Å². The molecule has 0 aliphatic heterocycles. The van der Waals surface area contributed by atoms with Crippen LogP contribution in [-0.2, 0) is 13.6 Å². The summed E-state index contributed by atoms with van der Waals surface area (Å²) in [5.41, 5.74) is 3.29. The highest BCUT2D eigenvalue weighted by Crippen LogP contribution is 2.59. The molecule has 1 aromatic carbocycles. The van der Waals surface area contributed by atoms with Crippen molar-refractivity contribution in [2.75, 3.05) is 13.2 Å². The first-order chi connectivity index (χ1) is 8.18. The number of hydrazine groups is 1. The minimum Gasteiger partial charge on any atom is -0.308 e. The first-order valence-corrected chi connectivity index (χ1v) is 7.19. The standard InChI is InChI=1S/C11H19N2O3P/c1-3-15-17(14,16-4-2)11(13-12)10-8-6-5-7-9-10/h5-9,11,13H,3-4,12H2,1-2H3. The average Bonchev–Trinajstić information content (AvgIpc) is 2.31. The van der Waals surface area contributed by atoms with E-state index >= 15 is 0 Å². The van der Waals surface area contributed by atoms with Gasteiger partial charge in [0.2, 0.25) is 0 Å². The van der Waals surface area contributed by atoms with E-state index in [1.807, 2.05) is 30.3 Å². The van der Waals surface area contributed by atoms with Crippen molar-refractivity contribution < 1.29 is 13.6 Å². The molecule has 0 aliphatic carbocycles. The summed E-state index contributed by atoms with van der Waals surface area (Å²) in [6.45, 7) is 4.15. The molecule has 0 saturated heterocycles. The van der Waals surface area contributed by atoms with Gasteiger partial charge in [-0.3, -0.25) is 10.4 Å². The van der Waals surface area contributed by atoms with E-state index in [1.165, 1.54) is 0 Å². The maximum atomic E-state index is 12.6. The molecule has 0 radical (unpaired) electrons. The molecule has 0 amide bonds. The minimum atomic E-state index is -3.29. The fourth-order valence-electron chi connectivity index (χ4n) is 1.55. The Bertz CT molecular complexity index is 362. The van der Waals surface area contributed by atoms with E-state index in [4.69, 9.17) is 14.9 Å². The number of rotatable bonds is 7. The largest absolute Gasteiger partial charge is 0.353 e.